The fourth-order valence-electron chi connectivity index (χ4n) is 2.50. The standard InChI is InChI=1S/C16H25NO4/c1-18-14-9-12(6-7-17)10-15(19-2)16(14)21-11-13-5-3-4-8-20-13/h9-10,13H,3-8,11,17H2,1-2H3. The zero-order chi connectivity index (χ0) is 15.1. The van der Waals surface area contributed by atoms with Crippen LogP contribution in [0.25, 0.3) is 0 Å². The molecule has 0 spiro atoms. The third-order valence-electron chi connectivity index (χ3n) is 3.64. The Hall–Kier alpha value is -1.46. The molecule has 1 aromatic carbocycles. The van der Waals surface area contributed by atoms with E-state index in [-0.39, 0.29) is 6.10 Å². The van der Waals surface area contributed by atoms with E-state index in [9.17, 15) is 0 Å². The Morgan fingerprint density at radius 3 is 2.43 bits per heavy atom. The highest BCUT2D eigenvalue weighted by Crippen LogP contribution is 2.39. The first-order chi connectivity index (χ1) is 10.3. The second kappa shape index (κ2) is 8.10. The van der Waals surface area contributed by atoms with E-state index in [0.29, 0.717) is 30.4 Å². The fourth-order valence-corrected chi connectivity index (χ4v) is 2.50. The van der Waals surface area contributed by atoms with Crippen LogP contribution in [0, 0.1) is 0 Å². The van der Waals surface area contributed by atoms with Gasteiger partial charge >= 0.3 is 0 Å². The van der Waals surface area contributed by atoms with Gasteiger partial charge in [0.15, 0.2) is 11.5 Å². The van der Waals surface area contributed by atoms with Gasteiger partial charge in [0.1, 0.15) is 6.61 Å². The van der Waals surface area contributed by atoms with Crippen molar-refractivity contribution in [1.82, 2.24) is 0 Å². The fraction of sp³-hybridized carbons (Fsp3) is 0.625. The molecule has 0 bridgehead atoms. The third kappa shape index (κ3) is 4.25. The van der Waals surface area contributed by atoms with Gasteiger partial charge in [0.25, 0.3) is 0 Å². The summed E-state index contributed by atoms with van der Waals surface area (Å²) in [6, 6.07) is 3.90. The normalized spacial score (nSPS) is 18.3. The van der Waals surface area contributed by atoms with E-state index >= 15 is 0 Å². The molecule has 1 atom stereocenters. The Morgan fingerprint density at radius 2 is 1.90 bits per heavy atom. The molecule has 0 radical (unpaired) electrons. The lowest BCUT2D eigenvalue weighted by Crippen LogP contribution is -2.26. The summed E-state index contributed by atoms with van der Waals surface area (Å²) >= 11 is 0. The highest BCUT2D eigenvalue weighted by atomic mass is 16.6. The number of nitrogens with two attached hydrogens (primary N) is 1. The monoisotopic (exact) mass is 295 g/mol. The molecular weight excluding hydrogens is 270 g/mol. The van der Waals surface area contributed by atoms with Crippen LogP contribution in [0.5, 0.6) is 17.2 Å². The van der Waals surface area contributed by atoms with Crippen LogP contribution in [-0.2, 0) is 11.2 Å². The smallest absolute Gasteiger partial charge is 0.203 e. The summed E-state index contributed by atoms with van der Waals surface area (Å²) in [5.74, 6) is 1.98. The van der Waals surface area contributed by atoms with E-state index in [1.54, 1.807) is 14.2 Å². The van der Waals surface area contributed by atoms with Gasteiger partial charge in [-0.05, 0) is 49.9 Å². The Labute approximate surface area is 126 Å². The molecule has 0 aromatic heterocycles. The molecule has 0 aliphatic carbocycles. The van der Waals surface area contributed by atoms with Crippen molar-refractivity contribution in [2.45, 2.75) is 31.8 Å². The quantitative estimate of drug-likeness (QED) is 0.835. The molecule has 1 aliphatic heterocycles. The van der Waals surface area contributed by atoms with E-state index in [2.05, 4.69) is 0 Å². The minimum Gasteiger partial charge on any atom is -0.493 e. The van der Waals surface area contributed by atoms with Crippen LogP contribution in [0.2, 0.25) is 0 Å². The van der Waals surface area contributed by atoms with Gasteiger partial charge in [0.05, 0.1) is 20.3 Å². The van der Waals surface area contributed by atoms with Gasteiger partial charge in [-0.1, -0.05) is 0 Å². The number of benzene rings is 1. The molecule has 1 fully saturated rings. The highest BCUT2D eigenvalue weighted by molar-refractivity contribution is 5.54. The number of ether oxygens (including phenoxy) is 4. The lowest BCUT2D eigenvalue weighted by molar-refractivity contribution is -0.0119. The molecule has 1 unspecified atom stereocenters. The van der Waals surface area contributed by atoms with Crippen molar-refractivity contribution in [3.8, 4) is 17.2 Å². The van der Waals surface area contributed by atoms with Crippen molar-refractivity contribution in [2.24, 2.45) is 5.73 Å². The molecule has 2 N–H and O–H groups in total. The molecular formula is C16H25NO4. The minimum atomic E-state index is 0.150. The largest absolute Gasteiger partial charge is 0.493 e. The number of hydrogen-bond acceptors (Lipinski definition) is 5. The average Bonchev–Trinajstić information content (AvgIpc) is 2.54. The predicted octanol–water partition coefficient (Wildman–Crippen LogP) is 2.15. The van der Waals surface area contributed by atoms with E-state index < -0.39 is 0 Å². The summed E-state index contributed by atoms with van der Waals surface area (Å²) in [6.45, 7) is 1.92. The second-order valence-corrected chi connectivity index (χ2v) is 5.17. The van der Waals surface area contributed by atoms with Gasteiger partial charge in [-0.15, -0.1) is 0 Å². The highest BCUT2D eigenvalue weighted by Gasteiger charge is 2.18. The molecule has 1 saturated heterocycles. The van der Waals surface area contributed by atoms with Crippen molar-refractivity contribution in [3.05, 3.63) is 17.7 Å². The summed E-state index contributed by atoms with van der Waals surface area (Å²) in [6.07, 6.45) is 4.29. The molecule has 1 aliphatic rings. The molecule has 1 heterocycles. The lowest BCUT2D eigenvalue weighted by Gasteiger charge is -2.24. The topological polar surface area (TPSA) is 62.9 Å². The first-order valence-corrected chi connectivity index (χ1v) is 7.47. The van der Waals surface area contributed by atoms with Gasteiger partial charge < -0.3 is 24.7 Å². The van der Waals surface area contributed by atoms with E-state index in [4.69, 9.17) is 24.7 Å². The molecule has 5 heteroatoms. The average molecular weight is 295 g/mol. The van der Waals surface area contributed by atoms with Crippen LogP contribution >= 0.6 is 0 Å². The van der Waals surface area contributed by atoms with Crippen molar-refractivity contribution < 1.29 is 18.9 Å². The number of hydrogen-bond donors (Lipinski definition) is 1. The molecule has 2 rings (SSSR count). The van der Waals surface area contributed by atoms with Gasteiger partial charge in [-0.3, -0.25) is 0 Å². The molecule has 1 aromatic rings. The van der Waals surface area contributed by atoms with Crippen LogP contribution in [0.15, 0.2) is 12.1 Å². The first-order valence-electron chi connectivity index (χ1n) is 7.47. The molecule has 5 nitrogen and oxygen atoms in total. The van der Waals surface area contributed by atoms with Gasteiger partial charge in [-0.2, -0.15) is 0 Å². The molecule has 118 valence electrons. The second-order valence-electron chi connectivity index (χ2n) is 5.17. The van der Waals surface area contributed by atoms with Crippen LogP contribution in [0.3, 0.4) is 0 Å². The predicted molar refractivity (Wildman–Crippen MR) is 81.4 cm³/mol. The molecule has 0 amide bonds. The Bertz CT molecular complexity index is 419. The lowest BCUT2D eigenvalue weighted by atomic mass is 10.1. The summed E-state index contributed by atoms with van der Waals surface area (Å²) in [4.78, 5) is 0. The zero-order valence-electron chi connectivity index (χ0n) is 12.9. The molecule has 21 heavy (non-hydrogen) atoms. The van der Waals surface area contributed by atoms with Crippen LogP contribution in [0.1, 0.15) is 24.8 Å². The number of methoxy groups -OCH3 is 2. The van der Waals surface area contributed by atoms with Crippen molar-refractivity contribution >= 4 is 0 Å². The third-order valence-corrected chi connectivity index (χ3v) is 3.64. The van der Waals surface area contributed by atoms with Gasteiger partial charge in [0.2, 0.25) is 5.75 Å². The van der Waals surface area contributed by atoms with Crippen LogP contribution in [0.4, 0.5) is 0 Å². The van der Waals surface area contributed by atoms with Crippen molar-refractivity contribution in [1.29, 1.82) is 0 Å². The summed E-state index contributed by atoms with van der Waals surface area (Å²) < 4.78 is 22.5. The van der Waals surface area contributed by atoms with Crippen LogP contribution in [-0.4, -0.2) is 40.1 Å². The summed E-state index contributed by atoms with van der Waals surface area (Å²) in [7, 11) is 3.26. The maximum atomic E-state index is 5.92. The zero-order valence-corrected chi connectivity index (χ0v) is 12.9. The van der Waals surface area contributed by atoms with E-state index in [1.807, 2.05) is 12.1 Å². The maximum absolute atomic E-state index is 5.92. The van der Waals surface area contributed by atoms with E-state index in [0.717, 1.165) is 31.4 Å². The Morgan fingerprint density at radius 1 is 1.19 bits per heavy atom. The minimum absolute atomic E-state index is 0.150. The van der Waals surface area contributed by atoms with Crippen LogP contribution < -0.4 is 19.9 Å². The van der Waals surface area contributed by atoms with E-state index in [1.165, 1.54) is 6.42 Å². The Balaban J connectivity index is 2.11. The van der Waals surface area contributed by atoms with Gasteiger partial charge in [0, 0.05) is 6.61 Å². The number of rotatable bonds is 7. The maximum Gasteiger partial charge on any atom is 0.203 e. The Kier molecular flexibility index (Phi) is 6.14. The summed E-state index contributed by atoms with van der Waals surface area (Å²) in [5, 5.41) is 0. The van der Waals surface area contributed by atoms with Crippen molar-refractivity contribution in [2.75, 3.05) is 34.0 Å². The first kappa shape index (κ1) is 15.9. The SMILES string of the molecule is COc1cc(CCN)cc(OC)c1OCC1CCCCO1. The van der Waals surface area contributed by atoms with Crippen molar-refractivity contribution in [3.63, 3.8) is 0 Å². The summed E-state index contributed by atoms with van der Waals surface area (Å²) in [5.41, 5.74) is 6.68. The molecule has 0 saturated carbocycles. The van der Waals surface area contributed by atoms with Gasteiger partial charge in [-0.25, -0.2) is 0 Å².